The zero-order chi connectivity index (χ0) is 8.97. The molecule has 0 aromatic carbocycles. The van der Waals surface area contributed by atoms with Crippen molar-refractivity contribution >= 4 is 11.9 Å². The SMILES string of the molecule is NNC(=O)CCC1CCC(=O)O1. The molecule has 0 radical (unpaired) electrons. The first kappa shape index (κ1) is 8.99. The van der Waals surface area contributed by atoms with Gasteiger partial charge >= 0.3 is 5.97 Å². The lowest BCUT2D eigenvalue weighted by molar-refractivity contribution is -0.142. The summed E-state index contributed by atoms with van der Waals surface area (Å²) in [7, 11) is 0. The Morgan fingerprint density at radius 2 is 2.50 bits per heavy atom. The van der Waals surface area contributed by atoms with Gasteiger partial charge < -0.3 is 4.74 Å². The van der Waals surface area contributed by atoms with E-state index >= 15 is 0 Å². The van der Waals surface area contributed by atoms with Crippen LogP contribution in [0.15, 0.2) is 0 Å². The van der Waals surface area contributed by atoms with Crippen LogP contribution < -0.4 is 11.3 Å². The Balaban J connectivity index is 2.16. The summed E-state index contributed by atoms with van der Waals surface area (Å²) in [4.78, 5) is 21.3. The predicted molar refractivity (Wildman–Crippen MR) is 40.7 cm³/mol. The summed E-state index contributed by atoms with van der Waals surface area (Å²) < 4.78 is 4.90. The average molecular weight is 172 g/mol. The summed E-state index contributed by atoms with van der Waals surface area (Å²) >= 11 is 0. The first-order valence-corrected chi connectivity index (χ1v) is 3.91. The van der Waals surface area contributed by atoms with E-state index in [4.69, 9.17) is 10.6 Å². The van der Waals surface area contributed by atoms with Crippen molar-refractivity contribution in [2.45, 2.75) is 31.8 Å². The van der Waals surface area contributed by atoms with E-state index in [1.165, 1.54) is 0 Å². The molecule has 1 amide bonds. The van der Waals surface area contributed by atoms with Crippen LogP contribution in [0.1, 0.15) is 25.7 Å². The van der Waals surface area contributed by atoms with Gasteiger partial charge in [0.25, 0.3) is 0 Å². The third kappa shape index (κ3) is 2.50. The number of cyclic esters (lactones) is 1. The molecule has 5 nitrogen and oxygen atoms in total. The molecule has 0 aromatic rings. The molecule has 3 N–H and O–H groups in total. The maximum Gasteiger partial charge on any atom is 0.306 e. The van der Waals surface area contributed by atoms with Crippen LogP contribution in [-0.2, 0) is 14.3 Å². The Labute approximate surface area is 70.2 Å². The van der Waals surface area contributed by atoms with Crippen LogP contribution in [0.3, 0.4) is 0 Å². The smallest absolute Gasteiger partial charge is 0.306 e. The highest BCUT2D eigenvalue weighted by Gasteiger charge is 2.23. The Morgan fingerprint density at radius 1 is 1.75 bits per heavy atom. The number of hydrazine groups is 1. The molecule has 0 bridgehead atoms. The van der Waals surface area contributed by atoms with E-state index in [1.54, 1.807) is 0 Å². The van der Waals surface area contributed by atoms with Crippen LogP contribution in [0.2, 0.25) is 0 Å². The van der Waals surface area contributed by atoms with E-state index in [0.29, 0.717) is 19.3 Å². The summed E-state index contributed by atoms with van der Waals surface area (Å²) in [5, 5.41) is 0. The quantitative estimate of drug-likeness (QED) is 0.259. The number of hydrogen-bond donors (Lipinski definition) is 2. The van der Waals surface area contributed by atoms with Crippen LogP contribution in [-0.4, -0.2) is 18.0 Å². The Bertz CT molecular complexity index is 193. The maximum absolute atomic E-state index is 10.7. The van der Waals surface area contributed by atoms with Gasteiger partial charge in [0.1, 0.15) is 6.10 Å². The van der Waals surface area contributed by atoms with Gasteiger partial charge in [-0.2, -0.15) is 0 Å². The lowest BCUT2D eigenvalue weighted by Crippen LogP contribution is -2.30. The normalized spacial score (nSPS) is 22.1. The molecule has 1 atom stereocenters. The van der Waals surface area contributed by atoms with Crippen molar-refractivity contribution in [3.8, 4) is 0 Å². The van der Waals surface area contributed by atoms with Gasteiger partial charge in [0.05, 0.1) is 0 Å². The van der Waals surface area contributed by atoms with Crippen LogP contribution in [0.4, 0.5) is 0 Å². The van der Waals surface area contributed by atoms with E-state index in [9.17, 15) is 9.59 Å². The summed E-state index contributed by atoms with van der Waals surface area (Å²) in [5.41, 5.74) is 2.02. The molecule has 1 fully saturated rings. The van der Waals surface area contributed by atoms with Gasteiger partial charge in [-0.25, -0.2) is 5.84 Å². The molecule has 1 rings (SSSR count). The maximum atomic E-state index is 10.7. The molecule has 1 aliphatic rings. The van der Waals surface area contributed by atoms with Gasteiger partial charge in [0.2, 0.25) is 5.91 Å². The fourth-order valence-corrected chi connectivity index (χ4v) is 1.15. The Morgan fingerprint density at radius 3 is 3.00 bits per heavy atom. The third-order valence-corrected chi connectivity index (χ3v) is 1.82. The van der Waals surface area contributed by atoms with Gasteiger partial charge in [-0.1, -0.05) is 0 Å². The predicted octanol–water partition coefficient (Wildman–Crippen LogP) is -0.538. The summed E-state index contributed by atoms with van der Waals surface area (Å²) in [6.07, 6.45) is 1.98. The highest BCUT2D eigenvalue weighted by molar-refractivity contribution is 5.75. The molecule has 0 aromatic heterocycles. The minimum absolute atomic E-state index is 0.0881. The number of hydrogen-bond acceptors (Lipinski definition) is 4. The van der Waals surface area contributed by atoms with E-state index in [1.807, 2.05) is 5.43 Å². The van der Waals surface area contributed by atoms with Crippen molar-refractivity contribution in [3.05, 3.63) is 0 Å². The number of carbonyl (C=O) groups is 2. The number of nitrogens with one attached hydrogen (secondary N) is 1. The molecule has 68 valence electrons. The molecule has 12 heavy (non-hydrogen) atoms. The molecule has 1 saturated heterocycles. The Kier molecular flexibility index (Phi) is 3.04. The molecular weight excluding hydrogens is 160 g/mol. The molecule has 0 saturated carbocycles. The number of nitrogens with two attached hydrogens (primary N) is 1. The summed E-state index contributed by atoms with van der Waals surface area (Å²) in [6, 6.07) is 0. The lowest BCUT2D eigenvalue weighted by atomic mass is 10.1. The third-order valence-electron chi connectivity index (χ3n) is 1.82. The van der Waals surface area contributed by atoms with Crippen LogP contribution in [0.25, 0.3) is 0 Å². The largest absolute Gasteiger partial charge is 0.462 e. The fraction of sp³-hybridized carbons (Fsp3) is 0.714. The van der Waals surface area contributed by atoms with Crippen molar-refractivity contribution in [2.75, 3.05) is 0 Å². The molecule has 1 heterocycles. The highest BCUT2D eigenvalue weighted by Crippen LogP contribution is 2.17. The van der Waals surface area contributed by atoms with Crippen LogP contribution in [0.5, 0.6) is 0 Å². The van der Waals surface area contributed by atoms with Crippen molar-refractivity contribution in [1.82, 2.24) is 5.43 Å². The van der Waals surface area contributed by atoms with Gasteiger partial charge in [0, 0.05) is 12.8 Å². The second kappa shape index (κ2) is 4.06. The van der Waals surface area contributed by atoms with Crippen LogP contribution in [0, 0.1) is 0 Å². The summed E-state index contributed by atoms with van der Waals surface area (Å²) in [5.74, 6) is 4.48. The lowest BCUT2D eigenvalue weighted by Gasteiger charge is -2.06. The van der Waals surface area contributed by atoms with Crippen LogP contribution >= 0.6 is 0 Å². The average Bonchev–Trinajstić information content (AvgIpc) is 2.47. The van der Waals surface area contributed by atoms with E-state index < -0.39 is 0 Å². The van der Waals surface area contributed by atoms with E-state index in [-0.39, 0.29) is 18.0 Å². The second-order valence-corrected chi connectivity index (χ2v) is 2.76. The molecule has 0 aliphatic carbocycles. The number of esters is 1. The number of ether oxygens (including phenoxy) is 1. The zero-order valence-electron chi connectivity index (χ0n) is 6.71. The number of amides is 1. The monoisotopic (exact) mass is 172 g/mol. The number of carbonyl (C=O) groups excluding carboxylic acids is 2. The van der Waals surface area contributed by atoms with Gasteiger partial charge in [-0.15, -0.1) is 0 Å². The number of rotatable bonds is 3. The van der Waals surface area contributed by atoms with E-state index in [2.05, 4.69) is 0 Å². The minimum atomic E-state index is -0.224. The fourth-order valence-electron chi connectivity index (χ4n) is 1.15. The molecular formula is C7H12N2O3. The van der Waals surface area contributed by atoms with Crippen molar-refractivity contribution in [3.63, 3.8) is 0 Å². The zero-order valence-corrected chi connectivity index (χ0v) is 6.71. The second-order valence-electron chi connectivity index (χ2n) is 2.76. The molecule has 0 spiro atoms. The highest BCUT2D eigenvalue weighted by atomic mass is 16.5. The van der Waals surface area contributed by atoms with Crippen molar-refractivity contribution in [2.24, 2.45) is 5.84 Å². The minimum Gasteiger partial charge on any atom is -0.462 e. The molecule has 1 aliphatic heterocycles. The van der Waals surface area contributed by atoms with Gasteiger partial charge in [0.15, 0.2) is 0 Å². The Hall–Kier alpha value is -1.10. The van der Waals surface area contributed by atoms with E-state index in [0.717, 1.165) is 6.42 Å². The van der Waals surface area contributed by atoms with Crippen molar-refractivity contribution < 1.29 is 14.3 Å². The van der Waals surface area contributed by atoms with Crippen molar-refractivity contribution in [1.29, 1.82) is 0 Å². The molecule has 1 unspecified atom stereocenters. The summed E-state index contributed by atoms with van der Waals surface area (Å²) in [6.45, 7) is 0. The first-order chi connectivity index (χ1) is 5.72. The van der Waals surface area contributed by atoms with Gasteiger partial charge in [-0.3, -0.25) is 15.0 Å². The molecule has 5 heteroatoms. The van der Waals surface area contributed by atoms with Gasteiger partial charge in [-0.05, 0) is 12.8 Å². The standard InChI is InChI=1S/C7H12N2O3/c8-9-6(10)3-1-5-2-4-7(11)12-5/h5H,1-4,8H2,(H,9,10). The first-order valence-electron chi connectivity index (χ1n) is 3.91. The topological polar surface area (TPSA) is 81.4 Å².